The average molecular weight is 311 g/mol. The van der Waals surface area contributed by atoms with Gasteiger partial charge in [-0.3, -0.25) is 5.10 Å². The maximum absolute atomic E-state index is 13.9. The molecule has 3 rings (SSSR count). The lowest BCUT2D eigenvalue weighted by molar-refractivity contribution is 0.299. The van der Waals surface area contributed by atoms with E-state index < -0.39 is 0 Å². The van der Waals surface area contributed by atoms with E-state index in [-0.39, 0.29) is 12.4 Å². The molecule has 0 amide bonds. The van der Waals surface area contributed by atoms with Crippen LogP contribution in [0.15, 0.2) is 54.7 Å². The van der Waals surface area contributed by atoms with Gasteiger partial charge in [0.15, 0.2) is 0 Å². The average Bonchev–Trinajstić information content (AvgIpc) is 3.03. The number of nitrogens with one attached hydrogen (secondary N) is 2. The van der Waals surface area contributed by atoms with Crippen LogP contribution < -0.4 is 5.32 Å². The van der Waals surface area contributed by atoms with Gasteiger partial charge in [-0.25, -0.2) is 4.39 Å². The molecule has 23 heavy (non-hydrogen) atoms. The number of halogens is 1. The summed E-state index contributed by atoms with van der Waals surface area (Å²) in [4.78, 5) is 0. The Bertz CT molecular complexity index is 768. The second-order valence-corrected chi connectivity index (χ2v) is 5.27. The molecule has 0 aliphatic heterocycles. The number of aliphatic hydroxyl groups excluding tert-OH is 1. The van der Waals surface area contributed by atoms with Gasteiger partial charge in [-0.05, 0) is 36.2 Å². The van der Waals surface area contributed by atoms with Gasteiger partial charge in [0.25, 0.3) is 0 Å². The number of hydrogen-bond acceptors (Lipinski definition) is 3. The van der Waals surface area contributed by atoms with E-state index in [1.165, 1.54) is 6.07 Å². The SMILES string of the molecule is OCCc1ccc(NCc2cn[nH]c2-c2ccccc2F)cc1. The predicted molar refractivity (Wildman–Crippen MR) is 88.5 cm³/mol. The van der Waals surface area contributed by atoms with Crippen molar-refractivity contribution in [2.45, 2.75) is 13.0 Å². The van der Waals surface area contributed by atoms with Gasteiger partial charge in [-0.15, -0.1) is 0 Å². The molecule has 1 aromatic heterocycles. The molecule has 0 radical (unpaired) electrons. The Morgan fingerprint density at radius 1 is 1.09 bits per heavy atom. The van der Waals surface area contributed by atoms with Crippen molar-refractivity contribution in [2.24, 2.45) is 0 Å². The number of H-pyrrole nitrogens is 1. The summed E-state index contributed by atoms with van der Waals surface area (Å²) in [5.41, 5.74) is 4.16. The lowest BCUT2D eigenvalue weighted by Crippen LogP contribution is -2.01. The van der Waals surface area contributed by atoms with Crippen LogP contribution in [0.4, 0.5) is 10.1 Å². The molecule has 0 aliphatic carbocycles. The second-order valence-electron chi connectivity index (χ2n) is 5.27. The van der Waals surface area contributed by atoms with Crippen molar-refractivity contribution in [2.75, 3.05) is 11.9 Å². The third kappa shape index (κ3) is 3.57. The second kappa shape index (κ2) is 7.07. The van der Waals surface area contributed by atoms with E-state index in [2.05, 4.69) is 15.5 Å². The molecule has 0 saturated heterocycles. The molecule has 3 aromatic rings. The van der Waals surface area contributed by atoms with Crippen LogP contribution in [0.3, 0.4) is 0 Å². The van der Waals surface area contributed by atoms with Crippen LogP contribution in [0.1, 0.15) is 11.1 Å². The van der Waals surface area contributed by atoms with Gasteiger partial charge in [0.2, 0.25) is 0 Å². The van der Waals surface area contributed by atoms with Gasteiger partial charge < -0.3 is 10.4 Å². The normalized spacial score (nSPS) is 10.7. The highest BCUT2D eigenvalue weighted by atomic mass is 19.1. The first-order valence-corrected chi connectivity index (χ1v) is 7.49. The highest BCUT2D eigenvalue weighted by Crippen LogP contribution is 2.24. The number of aliphatic hydroxyl groups is 1. The maximum atomic E-state index is 13.9. The van der Waals surface area contributed by atoms with Crippen LogP contribution in [0.5, 0.6) is 0 Å². The van der Waals surface area contributed by atoms with Gasteiger partial charge in [0.1, 0.15) is 5.82 Å². The molecule has 0 unspecified atom stereocenters. The fraction of sp³-hybridized carbons (Fsp3) is 0.167. The molecule has 1 heterocycles. The summed E-state index contributed by atoms with van der Waals surface area (Å²) in [6.45, 7) is 0.688. The first kappa shape index (κ1) is 15.2. The largest absolute Gasteiger partial charge is 0.396 e. The first-order chi connectivity index (χ1) is 11.3. The van der Waals surface area contributed by atoms with Crippen molar-refractivity contribution in [1.82, 2.24) is 10.2 Å². The van der Waals surface area contributed by atoms with E-state index in [1.807, 2.05) is 24.3 Å². The summed E-state index contributed by atoms with van der Waals surface area (Å²) < 4.78 is 13.9. The zero-order valence-corrected chi connectivity index (χ0v) is 12.6. The van der Waals surface area contributed by atoms with Crippen molar-refractivity contribution >= 4 is 5.69 Å². The van der Waals surface area contributed by atoms with Crippen molar-refractivity contribution in [1.29, 1.82) is 0 Å². The smallest absolute Gasteiger partial charge is 0.132 e. The summed E-state index contributed by atoms with van der Waals surface area (Å²) in [5, 5.41) is 19.1. The van der Waals surface area contributed by atoms with Crippen LogP contribution in [0.25, 0.3) is 11.3 Å². The molecule has 2 aromatic carbocycles. The summed E-state index contributed by atoms with van der Waals surface area (Å²) in [6, 6.07) is 14.5. The number of aromatic amines is 1. The van der Waals surface area contributed by atoms with Gasteiger partial charge in [-0.2, -0.15) is 5.10 Å². The van der Waals surface area contributed by atoms with E-state index in [9.17, 15) is 4.39 Å². The van der Waals surface area contributed by atoms with E-state index in [1.54, 1.807) is 24.4 Å². The van der Waals surface area contributed by atoms with Crippen LogP contribution >= 0.6 is 0 Å². The van der Waals surface area contributed by atoms with Gasteiger partial charge in [0, 0.05) is 30.0 Å². The van der Waals surface area contributed by atoms with Crippen molar-refractivity contribution in [3.8, 4) is 11.3 Å². The molecule has 0 spiro atoms. The summed E-state index contributed by atoms with van der Waals surface area (Å²) >= 11 is 0. The van der Waals surface area contributed by atoms with Gasteiger partial charge >= 0.3 is 0 Å². The minimum atomic E-state index is -0.272. The maximum Gasteiger partial charge on any atom is 0.132 e. The fourth-order valence-corrected chi connectivity index (χ4v) is 2.46. The molecule has 0 fully saturated rings. The van der Waals surface area contributed by atoms with Crippen LogP contribution in [-0.4, -0.2) is 21.9 Å². The third-order valence-electron chi connectivity index (χ3n) is 3.70. The Kier molecular flexibility index (Phi) is 4.68. The number of rotatable bonds is 6. The molecule has 0 aliphatic rings. The summed E-state index contributed by atoms with van der Waals surface area (Å²) in [5.74, 6) is -0.272. The van der Waals surface area contributed by atoms with Gasteiger partial charge in [0.05, 0.1) is 11.9 Å². The molecule has 0 atom stereocenters. The Balaban J connectivity index is 1.72. The van der Waals surface area contributed by atoms with Crippen LogP contribution in [0, 0.1) is 5.82 Å². The topological polar surface area (TPSA) is 60.9 Å². The van der Waals surface area contributed by atoms with Crippen molar-refractivity contribution in [3.05, 3.63) is 71.7 Å². The Labute approximate surface area is 134 Å². The fourth-order valence-electron chi connectivity index (χ4n) is 2.46. The van der Waals surface area contributed by atoms with E-state index in [4.69, 9.17) is 5.11 Å². The zero-order chi connectivity index (χ0) is 16.1. The van der Waals surface area contributed by atoms with Gasteiger partial charge in [-0.1, -0.05) is 24.3 Å². The van der Waals surface area contributed by atoms with Crippen LogP contribution in [-0.2, 0) is 13.0 Å². The highest BCUT2D eigenvalue weighted by molar-refractivity contribution is 5.63. The minimum absolute atomic E-state index is 0.147. The molecule has 118 valence electrons. The Morgan fingerprint density at radius 3 is 2.61 bits per heavy atom. The molecule has 3 N–H and O–H groups in total. The number of nitrogens with zero attached hydrogens (tertiary/aromatic N) is 1. The molecule has 4 nitrogen and oxygen atoms in total. The number of benzene rings is 2. The number of aromatic nitrogens is 2. The van der Waals surface area contributed by atoms with E-state index in [0.29, 0.717) is 24.2 Å². The predicted octanol–water partition coefficient (Wildman–Crippen LogP) is 3.36. The van der Waals surface area contributed by atoms with Crippen molar-refractivity contribution < 1.29 is 9.50 Å². The molecule has 0 saturated carbocycles. The minimum Gasteiger partial charge on any atom is -0.396 e. The summed E-state index contributed by atoms with van der Waals surface area (Å²) in [6.07, 6.45) is 2.36. The lowest BCUT2D eigenvalue weighted by atomic mass is 10.1. The van der Waals surface area contributed by atoms with Crippen molar-refractivity contribution in [3.63, 3.8) is 0 Å². The molecule has 0 bridgehead atoms. The molecule has 5 heteroatoms. The monoisotopic (exact) mass is 311 g/mol. The first-order valence-electron chi connectivity index (χ1n) is 7.49. The van der Waals surface area contributed by atoms with E-state index in [0.717, 1.165) is 16.8 Å². The van der Waals surface area contributed by atoms with E-state index >= 15 is 0 Å². The Morgan fingerprint density at radius 2 is 1.87 bits per heavy atom. The molecular formula is C18H18FN3O. The summed E-state index contributed by atoms with van der Waals surface area (Å²) in [7, 11) is 0. The van der Waals surface area contributed by atoms with Crippen LogP contribution in [0.2, 0.25) is 0 Å². The number of anilines is 1. The highest BCUT2D eigenvalue weighted by Gasteiger charge is 2.11. The lowest BCUT2D eigenvalue weighted by Gasteiger charge is -2.08. The molecular weight excluding hydrogens is 293 g/mol. The number of hydrogen-bond donors (Lipinski definition) is 3. The zero-order valence-electron chi connectivity index (χ0n) is 12.6. The standard InChI is InChI=1S/C18H18FN3O/c19-17-4-2-1-3-16(17)18-14(12-21-22-18)11-20-15-7-5-13(6-8-15)9-10-23/h1-8,12,20,23H,9-11H2,(H,21,22). The quantitative estimate of drug-likeness (QED) is 0.654. The Hall–Kier alpha value is -2.66. The third-order valence-corrected chi connectivity index (χ3v) is 3.70.